The van der Waals surface area contributed by atoms with Gasteiger partial charge >= 0.3 is 0 Å². The van der Waals surface area contributed by atoms with Gasteiger partial charge in [-0.2, -0.15) is 4.98 Å². The lowest BCUT2D eigenvalue weighted by molar-refractivity contribution is 0.0763. The summed E-state index contributed by atoms with van der Waals surface area (Å²) in [4.78, 5) is 6.33. The van der Waals surface area contributed by atoms with Crippen molar-refractivity contribution in [1.82, 2.24) is 15.0 Å². The van der Waals surface area contributed by atoms with E-state index < -0.39 is 0 Å². The van der Waals surface area contributed by atoms with Crippen LogP contribution < -0.4 is 0 Å². The fourth-order valence-corrected chi connectivity index (χ4v) is 2.50. The predicted molar refractivity (Wildman–Crippen MR) is 75.0 cm³/mol. The molecule has 0 saturated carbocycles. The van der Waals surface area contributed by atoms with E-state index in [0.29, 0.717) is 18.0 Å². The third kappa shape index (κ3) is 3.46. The maximum absolute atomic E-state index is 13.7. The van der Waals surface area contributed by atoms with Crippen molar-refractivity contribution in [3.8, 4) is 11.4 Å². The Bertz CT molecular complexity index is 596. The Kier molecular flexibility index (Phi) is 4.26. The van der Waals surface area contributed by atoms with Crippen molar-refractivity contribution in [3.63, 3.8) is 0 Å². The molecule has 1 aliphatic heterocycles. The Morgan fingerprint density at radius 2 is 2.24 bits per heavy atom. The number of rotatable bonds is 5. The first-order valence-corrected chi connectivity index (χ1v) is 7.10. The van der Waals surface area contributed by atoms with Gasteiger partial charge in [0.05, 0.1) is 18.2 Å². The van der Waals surface area contributed by atoms with E-state index >= 15 is 0 Å². The maximum Gasteiger partial charge on any atom is 0.241 e. The Balaban J connectivity index is 1.63. The molecule has 3 rings (SSSR count). The monoisotopic (exact) mass is 291 g/mol. The molecule has 1 fully saturated rings. The van der Waals surface area contributed by atoms with Gasteiger partial charge in [-0.25, -0.2) is 4.39 Å². The highest BCUT2D eigenvalue weighted by atomic mass is 19.1. The first kappa shape index (κ1) is 14.2. The molecular weight excluding hydrogens is 273 g/mol. The number of halogens is 1. The van der Waals surface area contributed by atoms with Crippen molar-refractivity contribution in [3.05, 3.63) is 36.0 Å². The van der Waals surface area contributed by atoms with Gasteiger partial charge in [0.15, 0.2) is 0 Å². The molecule has 0 spiro atoms. The molecule has 112 valence electrons. The average molecular weight is 291 g/mol. The van der Waals surface area contributed by atoms with Crippen molar-refractivity contribution in [2.24, 2.45) is 0 Å². The summed E-state index contributed by atoms with van der Waals surface area (Å²) in [6.07, 6.45) is 2.49. The number of ether oxygens (including phenoxy) is 1. The second kappa shape index (κ2) is 6.32. The zero-order valence-corrected chi connectivity index (χ0v) is 12.0. The maximum atomic E-state index is 13.7. The van der Waals surface area contributed by atoms with Gasteiger partial charge in [0.2, 0.25) is 11.7 Å². The molecule has 1 atom stereocenters. The quantitative estimate of drug-likeness (QED) is 0.847. The van der Waals surface area contributed by atoms with Crippen LogP contribution in [0.5, 0.6) is 0 Å². The summed E-state index contributed by atoms with van der Waals surface area (Å²) in [5, 5.41) is 3.85. The van der Waals surface area contributed by atoms with Gasteiger partial charge in [-0.05, 0) is 32.0 Å². The zero-order valence-electron chi connectivity index (χ0n) is 12.0. The fraction of sp³-hybridized carbons (Fsp3) is 0.467. The third-order valence-electron chi connectivity index (χ3n) is 3.53. The van der Waals surface area contributed by atoms with Crippen molar-refractivity contribution in [2.75, 3.05) is 20.2 Å². The molecule has 0 unspecified atom stereocenters. The van der Waals surface area contributed by atoms with E-state index in [0.717, 1.165) is 26.0 Å². The molecule has 6 heteroatoms. The number of hydrogen-bond acceptors (Lipinski definition) is 5. The minimum Gasteiger partial charge on any atom is -0.377 e. The van der Waals surface area contributed by atoms with E-state index in [1.807, 2.05) is 7.05 Å². The van der Waals surface area contributed by atoms with Crippen LogP contribution in [-0.2, 0) is 11.3 Å². The van der Waals surface area contributed by atoms with Crippen LogP contribution >= 0.6 is 0 Å². The number of hydrogen-bond donors (Lipinski definition) is 0. The first-order chi connectivity index (χ1) is 10.2. The van der Waals surface area contributed by atoms with Crippen molar-refractivity contribution >= 4 is 0 Å². The second-order valence-corrected chi connectivity index (χ2v) is 5.32. The molecule has 21 heavy (non-hydrogen) atoms. The lowest BCUT2D eigenvalue weighted by atomic mass is 10.2. The number of nitrogens with zero attached hydrogens (tertiary/aromatic N) is 3. The van der Waals surface area contributed by atoms with E-state index in [1.54, 1.807) is 18.2 Å². The Morgan fingerprint density at radius 3 is 3.00 bits per heavy atom. The Morgan fingerprint density at radius 1 is 1.38 bits per heavy atom. The summed E-state index contributed by atoms with van der Waals surface area (Å²) >= 11 is 0. The molecule has 0 bridgehead atoms. The standard InChI is InChI=1S/C15H18FN3O2/c1-19(9-11-5-4-8-20-11)10-14-17-15(18-21-14)12-6-2-3-7-13(12)16/h2-3,6-7,11H,4-5,8-10H2,1H3/t11-/m0/s1. The summed E-state index contributed by atoms with van der Waals surface area (Å²) in [6.45, 7) is 2.20. The van der Waals surface area contributed by atoms with Crippen LogP contribution in [0.25, 0.3) is 11.4 Å². The molecule has 1 aliphatic rings. The molecule has 0 radical (unpaired) electrons. The zero-order chi connectivity index (χ0) is 14.7. The van der Waals surface area contributed by atoms with Crippen LogP contribution in [-0.4, -0.2) is 41.3 Å². The predicted octanol–water partition coefficient (Wildman–Crippen LogP) is 2.49. The lowest BCUT2D eigenvalue weighted by Gasteiger charge is -2.18. The van der Waals surface area contributed by atoms with Crippen LogP contribution in [0.3, 0.4) is 0 Å². The minimum atomic E-state index is -0.349. The highest BCUT2D eigenvalue weighted by Gasteiger charge is 2.19. The highest BCUT2D eigenvalue weighted by Crippen LogP contribution is 2.20. The van der Waals surface area contributed by atoms with Crippen LogP contribution in [0.15, 0.2) is 28.8 Å². The summed E-state index contributed by atoms with van der Waals surface area (Å²) in [5.74, 6) is 0.417. The van der Waals surface area contributed by atoms with Crippen molar-refractivity contribution in [2.45, 2.75) is 25.5 Å². The van der Waals surface area contributed by atoms with Crippen molar-refractivity contribution in [1.29, 1.82) is 0 Å². The van der Waals surface area contributed by atoms with E-state index in [2.05, 4.69) is 15.0 Å². The van der Waals surface area contributed by atoms with Crippen LogP contribution in [0.1, 0.15) is 18.7 Å². The minimum absolute atomic E-state index is 0.281. The first-order valence-electron chi connectivity index (χ1n) is 7.10. The third-order valence-corrected chi connectivity index (χ3v) is 3.53. The molecule has 0 aliphatic carbocycles. The number of benzene rings is 1. The highest BCUT2D eigenvalue weighted by molar-refractivity contribution is 5.54. The molecule has 1 saturated heterocycles. The molecule has 2 heterocycles. The van der Waals surface area contributed by atoms with E-state index in [1.165, 1.54) is 6.07 Å². The van der Waals surface area contributed by atoms with Gasteiger partial charge in [0.25, 0.3) is 0 Å². The van der Waals surface area contributed by atoms with Gasteiger partial charge in [-0.1, -0.05) is 17.3 Å². The van der Waals surface area contributed by atoms with E-state index in [9.17, 15) is 4.39 Å². The van der Waals surface area contributed by atoms with Crippen LogP contribution in [0.2, 0.25) is 0 Å². The molecule has 1 aromatic carbocycles. The van der Waals surface area contributed by atoms with Crippen molar-refractivity contribution < 1.29 is 13.7 Å². The van der Waals surface area contributed by atoms with E-state index in [4.69, 9.17) is 9.26 Å². The largest absolute Gasteiger partial charge is 0.377 e. The second-order valence-electron chi connectivity index (χ2n) is 5.32. The molecule has 0 N–H and O–H groups in total. The lowest BCUT2D eigenvalue weighted by Crippen LogP contribution is -2.28. The van der Waals surface area contributed by atoms with Gasteiger partial charge < -0.3 is 9.26 Å². The summed E-state index contributed by atoms with van der Waals surface area (Å²) < 4.78 is 24.5. The molecular formula is C15H18FN3O2. The van der Waals surface area contributed by atoms with Gasteiger partial charge in [0.1, 0.15) is 5.82 Å². The molecule has 0 amide bonds. The smallest absolute Gasteiger partial charge is 0.241 e. The fourth-order valence-electron chi connectivity index (χ4n) is 2.50. The normalized spacial score (nSPS) is 18.5. The number of aromatic nitrogens is 2. The average Bonchev–Trinajstić information content (AvgIpc) is 3.11. The van der Waals surface area contributed by atoms with Gasteiger partial charge in [-0.15, -0.1) is 0 Å². The SMILES string of the molecule is CN(Cc1nc(-c2ccccc2F)no1)C[C@@H]1CCCO1. The van der Waals surface area contributed by atoms with E-state index in [-0.39, 0.29) is 17.7 Å². The Labute approximate surface area is 122 Å². The summed E-state index contributed by atoms with van der Waals surface area (Å²) in [5.41, 5.74) is 0.356. The van der Waals surface area contributed by atoms with Crippen LogP contribution in [0, 0.1) is 5.82 Å². The summed E-state index contributed by atoms with van der Waals surface area (Å²) in [7, 11) is 1.98. The van der Waals surface area contributed by atoms with Crippen LogP contribution in [0.4, 0.5) is 4.39 Å². The van der Waals surface area contributed by atoms with Gasteiger partial charge in [-0.3, -0.25) is 4.90 Å². The Hall–Kier alpha value is -1.79. The molecule has 1 aromatic heterocycles. The molecule has 2 aromatic rings. The topological polar surface area (TPSA) is 51.4 Å². The molecule has 5 nitrogen and oxygen atoms in total. The summed E-state index contributed by atoms with van der Waals surface area (Å²) in [6, 6.07) is 6.40. The van der Waals surface area contributed by atoms with Gasteiger partial charge in [0, 0.05) is 13.2 Å². The number of likely N-dealkylation sites (N-methyl/N-ethyl adjacent to an activating group) is 1.